The van der Waals surface area contributed by atoms with Crippen LogP contribution in [0.25, 0.3) is 0 Å². The van der Waals surface area contributed by atoms with E-state index in [0.717, 1.165) is 13.0 Å². The number of ether oxygens (including phenoxy) is 4. The third kappa shape index (κ3) is 18.9. The average molecular weight is 428 g/mol. The van der Waals surface area contributed by atoms with Crippen molar-refractivity contribution in [3.05, 3.63) is 0 Å². The second-order valence-electron chi connectivity index (χ2n) is 6.99. The van der Waals surface area contributed by atoms with Gasteiger partial charge in [0, 0.05) is 19.3 Å². The number of methoxy groups -OCH3 is 1. The molecule has 25 heavy (non-hydrogen) atoms. The van der Waals surface area contributed by atoms with Gasteiger partial charge in [0.2, 0.25) is 0 Å². The third-order valence-electron chi connectivity index (χ3n) is 4.24. The van der Waals surface area contributed by atoms with Crippen molar-refractivity contribution in [1.82, 2.24) is 0 Å². The standard InChI is InChI=1S/C19H41NO4.BrH/c1-5-6-7-8-9-18(19(2,3)20)10-11-22-14-15-24-17-16-23-13-12-21-4;/h18H,5-17,20H2,1-4H3;1H. The Balaban J connectivity index is 0. The van der Waals surface area contributed by atoms with Gasteiger partial charge in [0.25, 0.3) is 0 Å². The maximum atomic E-state index is 6.32. The van der Waals surface area contributed by atoms with E-state index in [9.17, 15) is 0 Å². The average Bonchev–Trinajstić information content (AvgIpc) is 2.53. The number of unbranched alkanes of at least 4 members (excludes halogenated alkanes) is 3. The first kappa shape index (κ1) is 27.5. The molecule has 0 saturated carbocycles. The Morgan fingerprint density at radius 3 is 1.76 bits per heavy atom. The molecule has 5 nitrogen and oxygen atoms in total. The van der Waals surface area contributed by atoms with Crippen LogP contribution >= 0.6 is 17.0 Å². The maximum Gasteiger partial charge on any atom is 0.0701 e. The van der Waals surface area contributed by atoms with Crippen molar-refractivity contribution in [3.63, 3.8) is 0 Å². The van der Waals surface area contributed by atoms with Crippen molar-refractivity contribution in [2.24, 2.45) is 11.7 Å². The molecule has 0 bridgehead atoms. The fourth-order valence-corrected chi connectivity index (χ4v) is 2.62. The molecule has 0 aliphatic carbocycles. The summed E-state index contributed by atoms with van der Waals surface area (Å²) < 4.78 is 21.4. The fraction of sp³-hybridized carbons (Fsp3) is 1.00. The molecular formula is C19H42BrNO4. The van der Waals surface area contributed by atoms with Crippen LogP contribution in [0.3, 0.4) is 0 Å². The quantitative estimate of drug-likeness (QED) is 0.335. The van der Waals surface area contributed by atoms with Gasteiger partial charge in [-0.05, 0) is 32.6 Å². The van der Waals surface area contributed by atoms with Crippen molar-refractivity contribution < 1.29 is 18.9 Å². The smallest absolute Gasteiger partial charge is 0.0701 e. The van der Waals surface area contributed by atoms with E-state index in [-0.39, 0.29) is 22.5 Å². The molecule has 0 aliphatic rings. The highest BCUT2D eigenvalue weighted by atomic mass is 79.9. The zero-order chi connectivity index (χ0) is 18.1. The number of rotatable bonds is 18. The maximum absolute atomic E-state index is 6.32. The lowest BCUT2D eigenvalue weighted by atomic mass is 9.82. The van der Waals surface area contributed by atoms with Crippen molar-refractivity contribution in [1.29, 1.82) is 0 Å². The molecule has 0 radical (unpaired) electrons. The lowest BCUT2D eigenvalue weighted by molar-refractivity contribution is 0.00103. The number of halogens is 1. The van der Waals surface area contributed by atoms with Crippen LogP contribution in [0.5, 0.6) is 0 Å². The molecule has 0 aromatic heterocycles. The molecule has 1 unspecified atom stereocenters. The fourth-order valence-electron chi connectivity index (χ4n) is 2.62. The summed E-state index contributed by atoms with van der Waals surface area (Å²) in [4.78, 5) is 0. The summed E-state index contributed by atoms with van der Waals surface area (Å²) in [7, 11) is 1.67. The van der Waals surface area contributed by atoms with E-state index in [4.69, 9.17) is 24.7 Å². The second-order valence-corrected chi connectivity index (χ2v) is 6.99. The topological polar surface area (TPSA) is 62.9 Å². The zero-order valence-electron chi connectivity index (χ0n) is 16.9. The van der Waals surface area contributed by atoms with Crippen LogP contribution in [0, 0.1) is 5.92 Å². The summed E-state index contributed by atoms with van der Waals surface area (Å²) in [5.41, 5.74) is 6.19. The third-order valence-corrected chi connectivity index (χ3v) is 4.24. The Hall–Kier alpha value is 0.280. The van der Waals surface area contributed by atoms with E-state index >= 15 is 0 Å². The molecule has 0 heterocycles. The summed E-state index contributed by atoms with van der Waals surface area (Å²) >= 11 is 0. The van der Waals surface area contributed by atoms with Gasteiger partial charge in [-0.15, -0.1) is 17.0 Å². The molecule has 6 heteroatoms. The van der Waals surface area contributed by atoms with E-state index in [1.54, 1.807) is 7.11 Å². The van der Waals surface area contributed by atoms with Gasteiger partial charge < -0.3 is 24.7 Å². The van der Waals surface area contributed by atoms with Gasteiger partial charge in [0.15, 0.2) is 0 Å². The van der Waals surface area contributed by atoms with Crippen molar-refractivity contribution in [2.75, 3.05) is 53.4 Å². The van der Waals surface area contributed by atoms with Gasteiger partial charge in [-0.25, -0.2) is 0 Å². The predicted octanol–water partition coefficient (Wildman–Crippen LogP) is 3.97. The van der Waals surface area contributed by atoms with Crippen LogP contribution in [0.2, 0.25) is 0 Å². The molecule has 2 N–H and O–H groups in total. The van der Waals surface area contributed by atoms with Gasteiger partial charge in [0.05, 0.1) is 39.6 Å². The Kier molecular flexibility index (Phi) is 21.0. The van der Waals surface area contributed by atoms with Crippen LogP contribution < -0.4 is 5.73 Å². The van der Waals surface area contributed by atoms with E-state index in [1.807, 2.05) is 0 Å². The Labute approximate surface area is 166 Å². The monoisotopic (exact) mass is 427 g/mol. The Morgan fingerprint density at radius 2 is 1.28 bits per heavy atom. The van der Waals surface area contributed by atoms with Gasteiger partial charge in [0.1, 0.15) is 0 Å². The first-order valence-corrected chi connectivity index (χ1v) is 9.53. The van der Waals surface area contributed by atoms with E-state index in [1.165, 1.54) is 32.1 Å². The highest BCUT2D eigenvalue weighted by molar-refractivity contribution is 8.93. The molecular weight excluding hydrogens is 386 g/mol. The molecule has 1 atom stereocenters. The molecule has 0 aliphatic heterocycles. The predicted molar refractivity (Wildman–Crippen MR) is 110 cm³/mol. The van der Waals surface area contributed by atoms with Crippen molar-refractivity contribution >= 4 is 17.0 Å². The van der Waals surface area contributed by atoms with Crippen LogP contribution in [-0.2, 0) is 18.9 Å². The molecule has 0 rings (SSSR count). The SMILES string of the molecule is Br.CCCCCCC(CCOCCOCCOCCOC)C(C)(C)N. The first-order chi connectivity index (χ1) is 11.5. The molecule has 154 valence electrons. The summed E-state index contributed by atoms with van der Waals surface area (Å²) in [6.45, 7) is 10.9. The second kappa shape index (κ2) is 19.1. The Bertz CT molecular complexity index is 262. The summed E-state index contributed by atoms with van der Waals surface area (Å²) in [6.07, 6.45) is 7.39. The number of nitrogens with two attached hydrogens (primary N) is 1. The zero-order valence-corrected chi connectivity index (χ0v) is 18.6. The largest absolute Gasteiger partial charge is 0.382 e. The van der Waals surface area contributed by atoms with Gasteiger partial charge in [-0.1, -0.05) is 32.6 Å². The minimum atomic E-state index is -0.133. The molecule has 0 amide bonds. The summed E-state index contributed by atoms with van der Waals surface area (Å²) in [5, 5.41) is 0. The lowest BCUT2D eigenvalue weighted by Gasteiger charge is -2.30. The van der Waals surface area contributed by atoms with E-state index in [2.05, 4.69) is 20.8 Å². The molecule has 0 saturated heterocycles. The van der Waals surface area contributed by atoms with E-state index in [0.29, 0.717) is 45.6 Å². The van der Waals surface area contributed by atoms with Gasteiger partial charge >= 0.3 is 0 Å². The Morgan fingerprint density at radius 1 is 0.760 bits per heavy atom. The highest BCUT2D eigenvalue weighted by Gasteiger charge is 2.24. The molecule has 0 aromatic rings. The minimum Gasteiger partial charge on any atom is -0.382 e. The molecule has 0 spiro atoms. The molecule has 0 fully saturated rings. The summed E-state index contributed by atoms with van der Waals surface area (Å²) in [5.74, 6) is 0.518. The van der Waals surface area contributed by atoms with Crippen molar-refractivity contribution in [2.45, 2.75) is 64.8 Å². The van der Waals surface area contributed by atoms with Crippen LogP contribution in [0.4, 0.5) is 0 Å². The van der Waals surface area contributed by atoms with Gasteiger partial charge in [-0.2, -0.15) is 0 Å². The van der Waals surface area contributed by atoms with Crippen LogP contribution in [-0.4, -0.2) is 58.9 Å². The highest BCUT2D eigenvalue weighted by Crippen LogP contribution is 2.24. The van der Waals surface area contributed by atoms with Crippen LogP contribution in [0.1, 0.15) is 59.3 Å². The van der Waals surface area contributed by atoms with Crippen molar-refractivity contribution in [3.8, 4) is 0 Å². The number of hydrogen-bond donors (Lipinski definition) is 1. The van der Waals surface area contributed by atoms with Gasteiger partial charge in [-0.3, -0.25) is 0 Å². The minimum absolute atomic E-state index is 0. The van der Waals surface area contributed by atoms with E-state index < -0.39 is 0 Å². The summed E-state index contributed by atoms with van der Waals surface area (Å²) in [6, 6.07) is 0. The lowest BCUT2D eigenvalue weighted by Crippen LogP contribution is -2.41. The first-order valence-electron chi connectivity index (χ1n) is 9.53. The number of hydrogen-bond acceptors (Lipinski definition) is 5. The van der Waals surface area contributed by atoms with Crippen LogP contribution in [0.15, 0.2) is 0 Å². The molecule has 0 aromatic carbocycles. The normalized spacial score (nSPS) is 12.8.